The number of nitrogens with zero attached hydrogens (tertiary/aromatic N) is 1. The van der Waals surface area contributed by atoms with Gasteiger partial charge in [0.05, 0.1) is 10.4 Å². The maximum Gasteiger partial charge on any atom is 0.233 e. The van der Waals surface area contributed by atoms with Crippen molar-refractivity contribution in [1.82, 2.24) is 10.2 Å². The highest BCUT2D eigenvalue weighted by atomic mass is 32.1. The molecule has 0 bridgehead atoms. The molecule has 1 saturated heterocycles. The van der Waals surface area contributed by atoms with Crippen molar-refractivity contribution < 1.29 is 4.79 Å². The molecular formula is C15H27N3OS. The van der Waals surface area contributed by atoms with Gasteiger partial charge in [0.15, 0.2) is 0 Å². The Balaban J connectivity index is 1.77. The molecular weight excluding hydrogens is 270 g/mol. The molecule has 4 nitrogen and oxygen atoms in total. The zero-order valence-electron chi connectivity index (χ0n) is 12.7. The van der Waals surface area contributed by atoms with E-state index in [4.69, 9.17) is 18.0 Å². The first-order valence-corrected chi connectivity index (χ1v) is 8.15. The van der Waals surface area contributed by atoms with Crippen molar-refractivity contribution in [2.75, 3.05) is 26.2 Å². The molecule has 5 heteroatoms. The van der Waals surface area contributed by atoms with E-state index in [-0.39, 0.29) is 5.91 Å². The van der Waals surface area contributed by atoms with E-state index in [2.05, 4.69) is 24.1 Å². The minimum Gasteiger partial charge on any atom is -0.392 e. The number of rotatable bonds is 6. The summed E-state index contributed by atoms with van der Waals surface area (Å²) in [6.07, 6.45) is 4.21. The molecule has 1 unspecified atom stereocenters. The van der Waals surface area contributed by atoms with E-state index in [0.29, 0.717) is 23.4 Å². The van der Waals surface area contributed by atoms with Crippen LogP contribution in [0.15, 0.2) is 0 Å². The second-order valence-electron chi connectivity index (χ2n) is 6.78. The van der Waals surface area contributed by atoms with Gasteiger partial charge in [-0.25, -0.2) is 0 Å². The summed E-state index contributed by atoms with van der Waals surface area (Å²) in [7, 11) is 0. The Bertz CT molecular complexity index is 373. The van der Waals surface area contributed by atoms with Crippen LogP contribution in [-0.4, -0.2) is 42.0 Å². The summed E-state index contributed by atoms with van der Waals surface area (Å²) in [5, 5.41) is 3.07. The Labute approximate surface area is 127 Å². The van der Waals surface area contributed by atoms with Gasteiger partial charge in [-0.1, -0.05) is 26.1 Å². The minimum atomic E-state index is -0.567. The van der Waals surface area contributed by atoms with Crippen LogP contribution in [0.3, 0.4) is 0 Å². The molecule has 114 valence electrons. The Morgan fingerprint density at radius 3 is 2.55 bits per heavy atom. The lowest BCUT2D eigenvalue weighted by atomic mass is 9.62. The van der Waals surface area contributed by atoms with Crippen molar-refractivity contribution in [3.63, 3.8) is 0 Å². The first-order chi connectivity index (χ1) is 9.44. The molecule has 20 heavy (non-hydrogen) atoms. The molecule has 0 aromatic carbocycles. The lowest BCUT2D eigenvalue weighted by Gasteiger charge is -2.44. The molecule has 0 spiro atoms. The molecule has 0 radical (unpaired) electrons. The van der Waals surface area contributed by atoms with Crippen molar-refractivity contribution in [3.8, 4) is 0 Å². The molecule has 1 aliphatic carbocycles. The van der Waals surface area contributed by atoms with Crippen molar-refractivity contribution >= 4 is 23.1 Å². The summed E-state index contributed by atoms with van der Waals surface area (Å²) in [4.78, 5) is 15.2. The summed E-state index contributed by atoms with van der Waals surface area (Å²) in [5.74, 6) is 1.05. The second kappa shape index (κ2) is 6.39. The molecule has 0 aromatic heterocycles. The van der Waals surface area contributed by atoms with E-state index >= 15 is 0 Å². The number of carbonyl (C=O) groups excluding carboxylic acids is 1. The Hall–Kier alpha value is -0.680. The average molecular weight is 297 g/mol. The van der Waals surface area contributed by atoms with Crippen molar-refractivity contribution in [3.05, 3.63) is 0 Å². The number of likely N-dealkylation sites (tertiary alicyclic amines) is 1. The van der Waals surface area contributed by atoms with Crippen LogP contribution in [0.25, 0.3) is 0 Å². The van der Waals surface area contributed by atoms with Gasteiger partial charge in [0, 0.05) is 13.1 Å². The number of amides is 1. The van der Waals surface area contributed by atoms with E-state index in [0.717, 1.165) is 19.4 Å². The number of hydrogen-bond acceptors (Lipinski definition) is 3. The van der Waals surface area contributed by atoms with Crippen LogP contribution in [-0.2, 0) is 4.79 Å². The van der Waals surface area contributed by atoms with Crippen molar-refractivity contribution in [2.24, 2.45) is 23.0 Å². The number of thiocarbonyl (C=S) groups is 1. The summed E-state index contributed by atoms with van der Waals surface area (Å²) in [6.45, 7) is 8.51. The molecule has 2 rings (SSSR count). The molecule has 1 atom stereocenters. The average Bonchev–Trinajstić information content (AvgIpc) is 2.84. The lowest BCUT2D eigenvalue weighted by molar-refractivity contribution is -0.133. The highest BCUT2D eigenvalue weighted by Gasteiger charge is 2.50. The fraction of sp³-hybridized carbons (Fsp3) is 0.867. The number of nitrogens with two attached hydrogens (primary N) is 1. The monoisotopic (exact) mass is 297 g/mol. The zero-order valence-corrected chi connectivity index (χ0v) is 13.5. The highest BCUT2D eigenvalue weighted by molar-refractivity contribution is 7.80. The Morgan fingerprint density at radius 2 is 2.05 bits per heavy atom. The standard InChI is InChI=1S/C15H27N3OS/c1-11-7-15(8-11,13(16)20)14(19)17-9-12(2)10-18-5-3-4-6-18/h11-12H,3-10H2,1-2H3,(H2,16,20)(H,17,19). The quantitative estimate of drug-likeness (QED) is 0.730. The molecule has 3 N–H and O–H groups in total. The number of nitrogens with one attached hydrogen (secondary N) is 1. The zero-order chi connectivity index (χ0) is 14.8. The summed E-state index contributed by atoms with van der Waals surface area (Å²) in [6, 6.07) is 0. The third-order valence-electron chi connectivity index (χ3n) is 4.68. The fourth-order valence-electron chi connectivity index (χ4n) is 3.54. The lowest BCUT2D eigenvalue weighted by Crippen LogP contribution is -2.56. The van der Waals surface area contributed by atoms with Crippen LogP contribution in [0.1, 0.15) is 39.5 Å². The van der Waals surface area contributed by atoms with E-state index in [1.807, 2.05) is 0 Å². The van der Waals surface area contributed by atoms with Crippen LogP contribution >= 0.6 is 12.2 Å². The van der Waals surface area contributed by atoms with Gasteiger partial charge in [0.1, 0.15) is 0 Å². The van der Waals surface area contributed by atoms with Gasteiger partial charge in [-0.15, -0.1) is 0 Å². The van der Waals surface area contributed by atoms with Gasteiger partial charge >= 0.3 is 0 Å². The van der Waals surface area contributed by atoms with Crippen LogP contribution < -0.4 is 11.1 Å². The first kappa shape index (κ1) is 15.7. The SMILES string of the molecule is CC(CNC(=O)C1(C(N)=S)CC(C)C1)CN1CCCC1. The number of hydrogen-bond donors (Lipinski definition) is 2. The summed E-state index contributed by atoms with van der Waals surface area (Å²) >= 11 is 5.11. The largest absolute Gasteiger partial charge is 0.392 e. The maximum absolute atomic E-state index is 12.4. The predicted octanol–water partition coefficient (Wildman–Crippen LogP) is 1.54. The molecule has 0 aromatic rings. The van der Waals surface area contributed by atoms with Gasteiger partial charge in [0.2, 0.25) is 5.91 Å². The van der Waals surface area contributed by atoms with Gasteiger partial charge in [-0.2, -0.15) is 0 Å². The minimum absolute atomic E-state index is 0.0383. The van der Waals surface area contributed by atoms with Crippen LogP contribution in [0, 0.1) is 17.3 Å². The maximum atomic E-state index is 12.4. The number of carbonyl (C=O) groups is 1. The topological polar surface area (TPSA) is 58.4 Å². The Kier molecular flexibility index (Phi) is 5.02. The predicted molar refractivity (Wildman–Crippen MR) is 85.5 cm³/mol. The van der Waals surface area contributed by atoms with Crippen LogP contribution in [0.5, 0.6) is 0 Å². The molecule has 2 aliphatic rings. The van der Waals surface area contributed by atoms with Crippen LogP contribution in [0.2, 0.25) is 0 Å². The van der Waals surface area contributed by atoms with Gasteiger partial charge in [-0.05, 0) is 50.6 Å². The third-order valence-corrected chi connectivity index (χ3v) is 5.07. The molecule has 1 saturated carbocycles. The van der Waals surface area contributed by atoms with E-state index in [9.17, 15) is 4.79 Å². The molecule has 1 amide bonds. The molecule has 1 heterocycles. The first-order valence-electron chi connectivity index (χ1n) is 7.74. The normalized spacial score (nSPS) is 31.6. The third kappa shape index (κ3) is 3.31. The smallest absolute Gasteiger partial charge is 0.233 e. The van der Waals surface area contributed by atoms with Gasteiger partial charge in [0.25, 0.3) is 0 Å². The van der Waals surface area contributed by atoms with Crippen molar-refractivity contribution in [2.45, 2.75) is 39.5 Å². The van der Waals surface area contributed by atoms with E-state index in [1.165, 1.54) is 25.9 Å². The van der Waals surface area contributed by atoms with Crippen molar-refractivity contribution in [1.29, 1.82) is 0 Å². The van der Waals surface area contributed by atoms with Gasteiger partial charge < -0.3 is 16.0 Å². The summed E-state index contributed by atoms with van der Waals surface area (Å²) < 4.78 is 0. The summed E-state index contributed by atoms with van der Waals surface area (Å²) in [5.41, 5.74) is 5.23. The van der Waals surface area contributed by atoms with Crippen LogP contribution in [0.4, 0.5) is 0 Å². The van der Waals surface area contributed by atoms with Gasteiger partial charge in [-0.3, -0.25) is 4.79 Å². The Morgan fingerprint density at radius 1 is 1.45 bits per heavy atom. The highest BCUT2D eigenvalue weighted by Crippen LogP contribution is 2.45. The molecule has 2 fully saturated rings. The van der Waals surface area contributed by atoms with E-state index in [1.54, 1.807) is 0 Å². The fourth-order valence-corrected chi connectivity index (χ4v) is 3.79. The van der Waals surface area contributed by atoms with E-state index < -0.39 is 5.41 Å². The molecule has 1 aliphatic heterocycles. The second-order valence-corrected chi connectivity index (χ2v) is 7.22.